The van der Waals surface area contributed by atoms with E-state index in [2.05, 4.69) is 19.2 Å². The van der Waals surface area contributed by atoms with Crippen LogP contribution in [0.3, 0.4) is 0 Å². The highest BCUT2D eigenvalue weighted by Gasteiger charge is 2.35. The van der Waals surface area contributed by atoms with E-state index in [0.717, 1.165) is 6.42 Å². The zero-order valence-corrected chi connectivity index (χ0v) is 13.9. The van der Waals surface area contributed by atoms with Gasteiger partial charge < -0.3 is 16.0 Å². The van der Waals surface area contributed by atoms with Crippen LogP contribution in [0.2, 0.25) is 0 Å². The molecule has 22 heavy (non-hydrogen) atoms. The predicted molar refractivity (Wildman–Crippen MR) is 89.0 cm³/mol. The molecule has 1 fully saturated rings. The van der Waals surface area contributed by atoms with Gasteiger partial charge in [0.15, 0.2) is 0 Å². The maximum absolute atomic E-state index is 12.2. The largest absolute Gasteiger partial charge is 0.343 e. The number of halogens is 1. The fourth-order valence-corrected chi connectivity index (χ4v) is 2.55. The molecule has 2 rings (SSSR count). The number of nitrogens with one attached hydrogen (secondary N) is 1. The van der Waals surface area contributed by atoms with E-state index in [1.54, 1.807) is 29.2 Å². The lowest BCUT2D eigenvalue weighted by Crippen LogP contribution is -2.55. The first kappa shape index (κ1) is 18.5. The molecule has 0 saturated carbocycles. The average Bonchev–Trinajstić information content (AvgIpc) is 2.48. The third-order valence-corrected chi connectivity index (χ3v) is 4.10. The molecule has 1 unspecified atom stereocenters. The highest BCUT2D eigenvalue weighted by Crippen LogP contribution is 2.27. The predicted octanol–water partition coefficient (Wildman–Crippen LogP) is 1.42. The first-order valence-electron chi connectivity index (χ1n) is 7.27. The second kappa shape index (κ2) is 7.61. The van der Waals surface area contributed by atoms with E-state index in [-0.39, 0.29) is 42.2 Å². The van der Waals surface area contributed by atoms with Crippen LogP contribution < -0.4 is 11.1 Å². The maximum Gasteiger partial charge on any atom is 0.251 e. The monoisotopic (exact) mass is 325 g/mol. The molecule has 1 saturated heterocycles. The smallest absolute Gasteiger partial charge is 0.251 e. The van der Waals surface area contributed by atoms with E-state index in [9.17, 15) is 9.59 Å². The average molecular weight is 326 g/mol. The van der Waals surface area contributed by atoms with Crippen LogP contribution in [0.4, 0.5) is 0 Å². The number of nitrogens with zero attached hydrogens (tertiary/aromatic N) is 1. The molecule has 2 amide bonds. The lowest BCUT2D eigenvalue weighted by Gasteiger charge is -2.42. The van der Waals surface area contributed by atoms with Gasteiger partial charge in [0.25, 0.3) is 5.91 Å². The van der Waals surface area contributed by atoms with Crippen molar-refractivity contribution in [2.75, 3.05) is 19.6 Å². The number of carbonyl (C=O) groups is 2. The zero-order valence-electron chi connectivity index (χ0n) is 13.0. The van der Waals surface area contributed by atoms with Crippen molar-refractivity contribution >= 4 is 24.2 Å². The van der Waals surface area contributed by atoms with Gasteiger partial charge in [-0.15, -0.1) is 12.4 Å². The number of likely N-dealkylation sites (tertiary alicyclic amines) is 1. The van der Waals surface area contributed by atoms with E-state index in [4.69, 9.17) is 5.73 Å². The number of rotatable bonds is 3. The molecule has 1 atom stereocenters. The lowest BCUT2D eigenvalue weighted by molar-refractivity contribution is -0.133. The molecule has 6 heteroatoms. The molecule has 1 aromatic carbocycles. The third-order valence-electron chi connectivity index (χ3n) is 4.10. The SMILES string of the molecule is CC1(C)CN(C(=O)CNC(=O)c2ccccc2)CCC1N.Cl. The summed E-state index contributed by atoms with van der Waals surface area (Å²) in [6.45, 7) is 5.46. The molecule has 0 aliphatic carbocycles. The van der Waals surface area contributed by atoms with Gasteiger partial charge in [-0.3, -0.25) is 9.59 Å². The van der Waals surface area contributed by atoms with Crippen molar-refractivity contribution in [3.63, 3.8) is 0 Å². The molecular weight excluding hydrogens is 302 g/mol. The van der Waals surface area contributed by atoms with Gasteiger partial charge in [-0.1, -0.05) is 32.0 Å². The minimum atomic E-state index is -0.225. The Morgan fingerprint density at radius 3 is 2.55 bits per heavy atom. The fraction of sp³-hybridized carbons (Fsp3) is 0.500. The molecule has 0 aromatic heterocycles. The molecule has 122 valence electrons. The molecule has 1 heterocycles. The van der Waals surface area contributed by atoms with Crippen molar-refractivity contribution < 1.29 is 9.59 Å². The normalized spacial score (nSPS) is 20.0. The number of piperidine rings is 1. The van der Waals surface area contributed by atoms with Gasteiger partial charge in [-0.25, -0.2) is 0 Å². The Hall–Kier alpha value is -1.59. The minimum absolute atomic E-state index is 0. The summed E-state index contributed by atoms with van der Waals surface area (Å²) in [6.07, 6.45) is 0.797. The van der Waals surface area contributed by atoms with Gasteiger partial charge in [0, 0.05) is 24.7 Å². The van der Waals surface area contributed by atoms with E-state index in [1.165, 1.54) is 0 Å². The van der Waals surface area contributed by atoms with E-state index >= 15 is 0 Å². The van der Waals surface area contributed by atoms with Crippen molar-refractivity contribution in [1.29, 1.82) is 0 Å². The third kappa shape index (κ3) is 4.45. The van der Waals surface area contributed by atoms with Crippen LogP contribution >= 0.6 is 12.4 Å². The topological polar surface area (TPSA) is 75.4 Å². The van der Waals surface area contributed by atoms with Crippen molar-refractivity contribution in [2.45, 2.75) is 26.3 Å². The summed E-state index contributed by atoms with van der Waals surface area (Å²) in [5.74, 6) is -0.281. The van der Waals surface area contributed by atoms with Gasteiger partial charge in [-0.2, -0.15) is 0 Å². The maximum atomic E-state index is 12.2. The first-order valence-corrected chi connectivity index (χ1v) is 7.27. The molecule has 0 bridgehead atoms. The summed E-state index contributed by atoms with van der Waals surface area (Å²) in [4.78, 5) is 25.9. The van der Waals surface area contributed by atoms with Crippen LogP contribution in [0.1, 0.15) is 30.6 Å². The highest BCUT2D eigenvalue weighted by atomic mass is 35.5. The molecule has 1 aliphatic heterocycles. The Balaban J connectivity index is 0.00000242. The summed E-state index contributed by atoms with van der Waals surface area (Å²) in [7, 11) is 0. The van der Waals surface area contributed by atoms with Gasteiger partial charge in [-0.05, 0) is 24.0 Å². The molecule has 1 aliphatic rings. The van der Waals surface area contributed by atoms with Gasteiger partial charge >= 0.3 is 0 Å². The first-order chi connectivity index (χ1) is 9.90. The van der Waals surface area contributed by atoms with Crippen molar-refractivity contribution in [3.05, 3.63) is 35.9 Å². The van der Waals surface area contributed by atoms with Crippen LogP contribution in [0.5, 0.6) is 0 Å². The Kier molecular flexibility index (Phi) is 6.38. The van der Waals surface area contributed by atoms with E-state index < -0.39 is 0 Å². The van der Waals surface area contributed by atoms with Crippen LogP contribution in [-0.4, -0.2) is 42.4 Å². The van der Waals surface area contributed by atoms with Crippen molar-refractivity contribution in [3.8, 4) is 0 Å². The van der Waals surface area contributed by atoms with Crippen LogP contribution in [-0.2, 0) is 4.79 Å². The summed E-state index contributed by atoms with van der Waals surface area (Å²) in [5.41, 5.74) is 6.54. The number of benzene rings is 1. The fourth-order valence-electron chi connectivity index (χ4n) is 2.55. The van der Waals surface area contributed by atoms with E-state index in [0.29, 0.717) is 18.7 Å². The van der Waals surface area contributed by atoms with E-state index in [1.807, 2.05) is 6.07 Å². The highest BCUT2D eigenvalue weighted by molar-refractivity contribution is 5.96. The molecular formula is C16H24ClN3O2. The Morgan fingerprint density at radius 1 is 1.32 bits per heavy atom. The van der Waals surface area contributed by atoms with Crippen molar-refractivity contribution in [2.24, 2.45) is 11.1 Å². The zero-order chi connectivity index (χ0) is 15.5. The van der Waals surface area contributed by atoms with Gasteiger partial charge in [0.2, 0.25) is 5.91 Å². The molecule has 0 spiro atoms. The number of carbonyl (C=O) groups excluding carboxylic acids is 2. The van der Waals surface area contributed by atoms with Gasteiger partial charge in [0.05, 0.1) is 6.54 Å². The second-order valence-electron chi connectivity index (χ2n) is 6.25. The Morgan fingerprint density at radius 2 is 1.95 bits per heavy atom. The second-order valence-corrected chi connectivity index (χ2v) is 6.25. The quantitative estimate of drug-likeness (QED) is 0.882. The summed E-state index contributed by atoms with van der Waals surface area (Å²) < 4.78 is 0. The minimum Gasteiger partial charge on any atom is -0.343 e. The van der Waals surface area contributed by atoms with Crippen LogP contribution in [0, 0.1) is 5.41 Å². The van der Waals surface area contributed by atoms with Crippen molar-refractivity contribution in [1.82, 2.24) is 10.2 Å². The van der Waals surface area contributed by atoms with Crippen LogP contribution in [0.25, 0.3) is 0 Å². The summed E-state index contributed by atoms with van der Waals surface area (Å²) in [6, 6.07) is 9.00. The van der Waals surface area contributed by atoms with Gasteiger partial charge in [0.1, 0.15) is 0 Å². The molecule has 3 N–H and O–H groups in total. The number of hydrogen-bond acceptors (Lipinski definition) is 3. The Bertz CT molecular complexity index is 519. The number of hydrogen-bond donors (Lipinski definition) is 2. The number of nitrogens with two attached hydrogens (primary N) is 1. The molecule has 1 aromatic rings. The number of amides is 2. The molecule has 5 nitrogen and oxygen atoms in total. The summed E-state index contributed by atoms with van der Waals surface area (Å²) in [5, 5.41) is 2.67. The Labute approximate surface area is 137 Å². The summed E-state index contributed by atoms with van der Waals surface area (Å²) >= 11 is 0. The standard InChI is InChI=1S/C16H23N3O2.ClH/c1-16(2)11-19(9-8-13(16)17)14(20)10-18-15(21)12-6-4-3-5-7-12;/h3-7,13H,8-11,17H2,1-2H3,(H,18,21);1H. The lowest BCUT2D eigenvalue weighted by atomic mass is 9.79. The molecule has 0 radical (unpaired) electrons. The van der Waals surface area contributed by atoms with Crippen LogP contribution in [0.15, 0.2) is 30.3 Å².